The summed E-state index contributed by atoms with van der Waals surface area (Å²) in [6, 6.07) is 14.7. The van der Waals surface area contributed by atoms with Crippen LogP contribution in [0.3, 0.4) is 0 Å². The topological polar surface area (TPSA) is 65.7 Å². The quantitative estimate of drug-likeness (QED) is 0.360. The number of esters is 1. The maximum Gasteiger partial charge on any atom is 0.345 e. The van der Waals surface area contributed by atoms with Crippen LogP contribution in [0.5, 0.6) is 11.5 Å². The fourth-order valence-corrected chi connectivity index (χ4v) is 2.89. The number of hydrogen-bond acceptors (Lipinski definition) is 5. The monoisotopic (exact) mass is 380 g/mol. The van der Waals surface area contributed by atoms with E-state index in [1.807, 2.05) is 6.92 Å². The van der Waals surface area contributed by atoms with E-state index < -0.39 is 5.97 Å². The molecule has 0 saturated heterocycles. The molecule has 1 aliphatic heterocycles. The summed E-state index contributed by atoms with van der Waals surface area (Å²) >= 11 is 6.01. The first-order chi connectivity index (χ1) is 13.0. The predicted octanol–water partition coefficient (Wildman–Crippen LogP) is 5.08. The Labute approximate surface area is 159 Å². The third-order valence-corrected chi connectivity index (χ3v) is 4.31. The summed E-state index contributed by atoms with van der Waals surface area (Å²) in [6.07, 6.45) is 1.53. The average Bonchev–Trinajstić information content (AvgIpc) is 3.19. The van der Waals surface area contributed by atoms with Gasteiger partial charge in [-0.25, -0.2) is 4.79 Å². The third-order valence-electron chi connectivity index (χ3n) is 3.98. The molecule has 0 fully saturated rings. The summed E-state index contributed by atoms with van der Waals surface area (Å²) in [5, 5.41) is 0.300. The zero-order valence-electron chi connectivity index (χ0n) is 14.2. The van der Waals surface area contributed by atoms with E-state index in [0.29, 0.717) is 22.1 Å². The highest BCUT2D eigenvalue weighted by molar-refractivity contribution is 6.33. The number of ether oxygens (including phenoxy) is 2. The minimum Gasteiger partial charge on any atom is -0.462 e. The lowest BCUT2D eigenvalue weighted by molar-refractivity contribution is 0.0734. The highest BCUT2D eigenvalue weighted by atomic mass is 35.5. The van der Waals surface area contributed by atoms with Gasteiger partial charge in [-0.15, -0.1) is 0 Å². The Balaban J connectivity index is 1.57. The average molecular weight is 381 g/mol. The van der Waals surface area contributed by atoms with Crippen LogP contribution < -0.4 is 9.47 Å². The standard InChI is InChI=1S/C21H13ClO5/c1-12-6-7-13(25-12)11-19-20(23)16-9-8-14(10-18(16)27-19)26-21(24)15-4-2-3-5-17(15)22/h2-11H,1H3/b19-11-. The number of fused-ring (bicyclic) bond motifs is 1. The Bertz CT molecular complexity index is 1090. The first-order valence-corrected chi connectivity index (χ1v) is 8.50. The van der Waals surface area contributed by atoms with E-state index in [1.165, 1.54) is 18.2 Å². The fraction of sp³-hybridized carbons (Fsp3) is 0.0476. The molecule has 0 spiro atoms. The summed E-state index contributed by atoms with van der Waals surface area (Å²) in [5.41, 5.74) is 0.646. The molecule has 1 aliphatic rings. The molecular weight excluding hydrogens is 368 g/mol. The van der Waals surface area contributed by atoms with Crippen LogP contribution in [0, 0.1) is 6.92 Å². The van der Waals surface area contributed by atoms with Gasteiger partial charge >= 0.3 is 5.97 Å². The Morgan fingerprint density at radius 2 is 1.93 bits per heavy atom. The van der Waals surface area contributed by atoms with Gasteiger partial charge in [0.25, 0.3) is 0 Å². The highest BCUT2D eigenvalue weighted by Crippen LogP contribution is 2.35. The lowest BCUT2D eigenvalue weighted by Gasteiger charge is -2.06. The van der Waals surface area contributed by atoms with Gasteiger partial charge in [0.2, 0.25) is 5.78 Å². The summed E-state index contributed by atoms with van der Waals surface area (Å²) in [4.78, 5) is 24.7. The van der Waals surface area contributed by atoms with Crippen molar-refractivity contribution in [1.82, 2.24) is 0 Å². The second-order valence-electron chi connectivity index (χ2n) is 5.92. The Morgan fingerprint density at radius 3 is 2.67 bits per heavy atom. The molecule has 0 aliphatic carbocycles. The van der Waals surface area contributed by atoms with Crippen molar-refractivity contribution < 1.29 is 23.5 Å². The zero-order valence-corrected chi connectivity index (χ0v) is 14.9. The van der Waals surface area contributed by atoms with Gasteiger partial charge in [0, 0.05) is 12.1 Å². The number of Topliss-reactive ketones (excluding diaryl/α,β-unsaturated/α-hetero) is 1. The first-order valence-electron chi connectivity index (χ1n) is 8.13. The van der Waals surface area contributed by atoms with Crippen LogP contribution in [-0.2, 0) is 0 Å². The molecule has 1 aromatic heterocycles. The van der Waals surface area contributed by atoms with Crippen molar-refractivity contribution in [2.45, 2.75) is 6.92 Å². The molecule has 0 N–H and O–H groups in total. The number of carbonyl (C=O) groups excluding carboxylic acids is 2. The Kier molecular flexibility index (Phi) is 4.30. The molecule has 6 heteroatoms. The maximum atomic E-state index is 12.4. The van der Waals surface area contributed by atoms with E-state index in [1.54, 1.807) is 42.5 Å². The van der Waals surface area contributed by atoms with Gasteiger partial charge in [-0.2, -0.15) is 0 Å². The predicted molar refractivity (Wildman–Crippen MR) is 99.2 cm³/mol. The van der Waals surface area contributed by atoms with Crippen LogP contribution in [0.25, 0.3) is 6.08 Å². The molecule has 3 aromatic rings. The lowest BCUT2D eigenvalue weighted by Crippen LogP contribution is -2.09. The molecule has 0 atom stereocenters. The Morgan fingerprint density at radius 1 is 1.11 bits per heavy atom. The van der Waals surface area contributed by atoms with Gasteiger partial charge in [0.05, 0.1) is 16.1 Å². The smallest absolute Gasteiger partial charge is 0.345 e. The fourth-order valence-electron chi connectivity index (χ4n) is 2.68. The molecule has 27 heavy (non-hydrogen) atoms. The van der Waals surface area contributed by atoms with Crippen molar-refractivity contribution in [3.8, 4) is 11.5 Å². The van der Waals surface area contributed by atoms with Crippen LogP contribution in [0.2, 0.25) is 5.02 Å². The van der Waals surface area contributed by atoms with E-state index >= 15 is 0 Å². The van der Waals surface area contributed by atoms with Crippen LogP contribution in [0.15, 0.2) is 64.8 Å². The van der Waals surface area contributed by atoms with Crippen LogP contribution in [0.1, 0.15) is 32.2 Å². The van der Waals surface area contributed by atoms with Gasteiger partial charge < -0.3 is 13.9 Å². The van der Waals surface area contributed by atoms with Crippen molar-refractivity contribution in [1.29, 1.82) is 0 Å². The maximum absolute atomic E-state index is 12.4. The van der Waals surface area contributed by atoms with Crippen molar-refractivity contribution in [2.75, 3.05) is 0 Å². The van der Waals surface area contributed by atoms with Gasteiger partial charge in [-0.05, 0) is 43.3 Å². The molecule has 0 radical (unpaired) electrons. The minimum absolute atomic E-state index is 0.147. The van der Waals surface area contributed by atoms with Crippen molar-refractivity contribution in [2.24, 2.45) is 0 Å². The number of allylic oxidation sites excluding steroid dienone is 1. The highest BCUT2D eigenvalue weighted by Gasteiger charge is 2.28. The summed E-state index contributed by atoms with van der Waals surface area (Å²) in [5.74, 6) is 1.12. The number of halogens is 1. The van der Waals surface area contributed by atoms with Gasteiger partial charge in [0.1, 0.15) is 23.0 Å². The van der Waals surface area contributed by atoms with E-state index in [4.69, 9.17) is 25.5 Å². The number of carbonyl (C=O) groups is 2. The molecule has 0 unspecified atom stereocenters. The van der Waals surface area contributed by atoms with Crippen LogP contribution >= 0.6 is 11.6 Å². The van der Waals surface area contributed by atoms with Gasteiger partial charge in [0.15, 0.2) is 5.76 Å². The van der Waals surface area contributed by atoms with Gasteiger partial charge in [-0.1, -0.05) is 23.7 Å². The second kappa shape index (κ2) is 6.78. The molecule has 134 valence electrons. The molecule has 2 heterocycles. The molecular formula is C21H13ClO5. The minimum atomic E-state index is -0.591. The number of hydrogen-bond donors (Lipinski definition) is 0. The Hall–Kier alpha value is -3.31. The summed E-state index contributed by atoms with van der Waals surface area (Å²) in [7, 11) is 0. The number of benzene rings is 2. The van der Waals surface area contributed by atoms with Gasteiger partial charge in [-0.3, -0.25) is 4.79 Å². The van der Waals surface area contributed by atoms with Crippen molar-refractivity contribution in [3.05, 3.63) is 88.0 Å². The van der Waals surface area contributed by atoms with Crippen molar-refractivity contribution in [3.63, 3.8) is 0 Å². The lowest BCUT2D eigenvalue weighted by atomic mass is 10.1. The van der Waals surface area contributed by atoms with E-state index in [2.05, 4.69) is 0 Å². The van der Waals surface area contributed by atoms with E-state index in [0.717, 1.165) is 5.76 Å². The number of furan rings is 1. The number of rotatable bonds is 3. The first kappa shape index (κ1) is 17.1. The number of aryl methyl sites for hydroxylation is 1. The zero-order chi connectivity index (χ0) is 19.0. The molecule has 0 bridgehead atoms. The third kappa shape index (κ3) is 3.37. The SMILES string of the molecule is Cc1ccc(/C=C2\Oc3cc(OC(=O)c4ccccc4Cl)ccc3C2=O)o1. The summed E-state index contributed by atoms with van der Waals surface area (Å²) < 4.78 is 16.4. The number of ketones is 1. The molecule has 4 rings (SSSR count). The molecule has 2 aromatic carbocycles. The van der Waals surface area contributed by atoms with Crippen LogP contribution in [0.4, 0.5) is 0 Å². The van der Waals surface area contributed by atoms with E-state index in [-0.39, 0.29) is 22.9 Å². The summed E-state index contributed by atoms with van der Waals surface area (Å²) in [6.45, 7) is 1.81. The normalized spacial score (nSPS) is 14.1. The van der Waals surface area contributed by atoms with Crippen molar-refractivity contribution >= 4 is 29.4 Å². The van der Waals surface area contributed by atoms with Crippen LogP contribution in [-0.4, -0.2) is 11.8 Å². The largest absolute Gasteiger partial charge is 0.462 e. The molecule has 0 amide bonds. The second-order valence-corrected chi connectivity index (χ2v) is 6.32. The van der Waals surface area contributed by atoms with E-state index in [9.17, 15) is 9.59 Å². The molecule has 0 saturated carbocycles. The molecule has 5 nitrogen and oxygen atoms in total.